The van der Waals surface area contributed by atoms with Crippen molar-refractivity contribution in [3.8, 4) is 44.5 Å². The van der Waals surface area contributed by atoms with Crippen LogP contribution in [0.1, 0.15) is 22.3 Å². The number of benzene rings is 14. The molecule has 4 heteroatoms. The zero-order chi connectivity index (χ0) is 55.7. The van der Waals surface area contributed by atoms with E-state index in [1.165, 1.54) is 71.6 Å². The maximum Gasteiger partial charge on any atom is 0.159 e. The normalized spacial score (nSPS) is 12.8. The SMILES string of the molecule is c1ccc(N(c2cccc(-c3ccc4c5c(ccc4c3)-c3c(cc(-c4cccc(N(c6ccccc6)c6cccc7c6oc6ccccc67)c4)c4ccccc34)C53c4ccccc4-c4ccccc43)c2)c2cccc3c2oc2ccccc23)cc1. The third-order valence-corrected chi connectivity index (χ3v) is 18.2. The average molecular weight is 1080 g/mol. The molecule has 1 spiro atoms. The Bertz CT molecular complexity index is 5360. The van der Waals surface area contributed by atoms with Gasteiger partial charge in [0.15, 0.2) is 11.2 Å². The van der Waals surface area contributed by atoms with Crippen LogP contribution in [0.15, 0.2) is 312 Å². The molecule has 0 amide bonds. The third-order valence-electron chi connectivity index (χ3n) is 18.2. The first-order valence-corrected chi connectivity index (χ1v) is 29.2. The Hall–Kier alpha value is -11.2. The van der Waals surface area contributed by atoms with Gasteiger partial charge in [0.05, 0.1) is 16.8 Å². The van der Waals surface area contributed by atoms with Crippen molar-refractivity contribution < 1.29 is 8.83 Å². The van der Waals surface area contributed by atoms with Gasteiger partial charge in [0, 0.05) is 44.3 Å². The zero-order valence-electron chi connectivity index (χ0n) is 46.1. The molecule has 396 valence electrons. The van der Waals surface area contributed by atoms with Crippen molar-refractivity contribution in [3.05, 3.63) is 326 Å². The molecule has 2 heterocycles. The van der Waals surface area contributed by atoms with Crippen molar-refractivity contribution in [1.29, 1.82) is 0 Å². The smallest absolute Gasteiger partial charge is 0.159 e. The molecule has 0 N–H and O–H groups in total. The molecule has 2 aromatic heterocycles. The molecule has 0 bridgehead atoms. The van der Waals surface area contributed by atoms with Gasteiger partial charge in [-0.3, -0.25) is 0 Å². The predicted octanol–water partition coefficient (Wildman–Crippen LogP) is 22.4. The van der Waals surface area contributed by atoms with Crippen molar-refractivity contribution in [2.45, 2.75) is 5.41 Å². The lowest BCUT2D eigenvalue weighted by Gasteiger charge is -2.32. The summed E-state index contributed by atoms with van der Waals surface area (Å²) in [6, 6.07) is 111. The first-order valence-electron chi connectivity index (χ1n) is 29.2. The van der Waals surface area contributed by atoms with Crippen LogP contribution in [0.3, 0.4) is 0 Å². The van der Waals surface area contributed by atoms with Crippen molar-refractivity contribution in [1.82, 2.24) is 0 Å². The van der Waals surface area contributed by atoms with E-state index in [1.54, 1.807) is 0 Å². The summed E-state index contributed by atoms with van der Waals surface area (Å²) in [6.07, 6.45) is 0. The lowest BCUT2D eigenvalue weighted by molar-refractivity contribution is 0.668. The number of nitrogens with zero attached hydrogens (tertiary/aromatic N) is 2. The molecule has 0 fully saturated rings. The summed E-state index contributed by atoms with van der Waals surface area (Å²) in [5.74, 6) is 0. The van der Waals surface area contributed by atoms with Crippen molar-refractivity contribution in [2.75, 3.05) is 9.80 Å². The average Bonchev–Trinajstić information content (AvgIpc) is 1.52. The quantitative estimate of drug-likeness (QED) is 0.152. The van der Waals surface area contributed by atoms with Crippen molar-refractivity contribution in [2.24, 2.45) is 0 Å². The Kier molecular flexibility index (Phi) is 10.3. The van der Waals surface area contributed by atoms with Gasteiger partial charge >= 0.3 is 0 Å². The van der Waals surface area contributed by atoms with Crippen molar-refractivity contribution >= 4 is 99.5 Å². The molecule has 0 saturated carbocycles. The Labute approximate surface area is 490 Å². The molecule has 0 unspecified atom stereocenters. The highest BCUT2D eigenvalue weighted by Crippen LogP contribution is 2.66. The maximum absolute atomic E-state index is 6.75. The summed E-state index contributed by atoms with van der Waals surface area (Å²) in [5, 5.41) is 9.29. The van der Waals surface area contributed by atoms with E-state index >= 15 is 0 Å². The lowest BCUT2D eigenvalue weighted by atomic mass is 9.69. The summed E-state index contributed by atoms with van der Waals surface area (Å²) < 4.78 is 13.4. The standard InChI is InChI=1S/C81H50N2O2/c1-3-23-55(24-4-1)82(73-39-19-35-66-63-32-11-15-41-75(63)84-79(66)73)57-27-17-21-51(48-57)52-43-45-59-54(47-52)44-46-68-77-65-34-8-7-29-60(65)69(50-72(77)81(78(59)68)70-37-13-9-30-61(70)62-31-10-14-38-71(62)81)53-22-18-28-58(49-53)83(56-25-5-2-6-26-56)74-40-20-36-67-64-33-12-16-42-76(64)85-80(67)74/h1-50H. The second-order valence-corrected chi connectivity index (χ2v) is 22.6. The van der Waals surface area contributed by atoms with Gasteiger partial charge in [0.2, 0.25) is 0 Å². The molecule has 14 aromatic carbocycles. The number of rotatable bonds is 8. The minimum atomic E-state index is -0.629. The second-order valence-electron chi connectivity index (χ2n) is 22.6. The van der Waals surface area contributed by atoms with Gasteiger partial charge in [-0.15, -0.1) is 0 Å². The van der Waals surface area contributed by atoms with E-state index in [1.807, 2.05) is 12.1 Å². The highest BCUT2D eigenvalue weighted by molar-refractivity contribution is 6.16. The van der Waals surface area contributed by atoms with E-state index in [0.29, 0.717) is 0 Å². The van der Waals surface area contributed by atoms with Crippen LogP contribution in [-0.4, -0.2) is 0 Å². The number of fused-ring (bicyclic) bond motifs is 20. The number of para-hydroxylation sites is 6. The van der Waals surface area contributed by atoms with E-state index in [-0.39, 0.29) is 0 Å². The largest absolute Gasteiger partial charge is 0.454 e. The highest BCUT2D eigenvalue weighted by atomic mass is 16.3. The van der Waals surface area contributed by atoms with Crippen molar-refractivity contribution in [3.63, 3.8) is 0 Å². The van der Waals surface area contributed by atoms with Crippen LogP contribution in [0.5, 0.6) is 0 Å². The molecule has 0 atom stereocenters. The summed E-state index contributed by atoms with van der Waals surface area (Å²) in [6.45, 7) is 0. The maximum atomic E-state index is 6.75. The molecule has 16 aromatic rings. The van der Waals surface area contributed by atoms with E-state index < -0.39 is 5.41 Å². The predicted molar refractivity (Wildman–Crippen MR) is 353 cm³/mol. The fraction of sp³-hybridized carbons (Fsp3) is 0.0123. The Morgan fingerprint density at radius 1 is 0.259 bits per heavy atom. The van der Waals surface area contributed by atoms with E-state index in [2.05, 4.69) is 301 Å². The minimum Gasteiger partial charge on any atom is -0.454 e. The Balaban J connectivity index is 0.826. The fourth-order valence-corrected chi connectivity index (χ4v) is 14.7. The van der Waals surface area contributed by atoms with Gasteiger partial charge in [-0.05, 0) is 173 Å². The topological polar surface area (TPSA) is 32.8 Å². The number of hydrogen-bond acceptors (Lipinski definition) is 4. The molecule has 85 heavy (non-hydrogen) atoms. The van der Waals surface area contributed by atoms with Crippen LogP contribution in [0, 0.1) is 0 Å². The van der Waals surface area contributed by atoms with E-state index in [0.717, 1.165) is 94.7 Å². The molecule has 0 aliphatic heterocycles. The number of furan rings is 2. The first-order chi connectivity index (χ1) is 42.2. The summed E-state index contributed by atoms with van der Waals surface area (Å²) in [4.78, 5) is 4.68. The molecule has 0 saturated heterocycles. The van der Waals surface area contributed by atoms with E-state index in [4.69, 9.17) is 8.83 Å². The lowest BCUT2D eigenvalue weighted by Crippen LogP contribution is -2.26. The van der Waals surface area contributed by atoms with Crippen LogP contribution in [0.4, 0.5) is 34.1 Å². The molecule has 2 aliphatic rings. The monoisotopic (exact) mass is 1080 g/mol. The zero-order valence-corrected chi connectivity index (χ0v) is 46.1. The summed E-state index contributed by atoms with van der Waals surface area (Å²) >= 11 is 0. The van der Waals surface area contributed by atoms with Gasteiger partial charge in [0.1, 0.15) is 11.2 Å². The molecule has 4 nitrogen and oxygen atoms in total. The van der Waals surface area contributed by atoms with Crippen LogP contribution >= 0.6 is 0 Å². The Morgan fingerprint density at radius 3 is 1.34 bits per heavy atom. The first kappa shape index (κ1) is 47.4. The minimum absolute atomic E-state index is 0.629. The van der Waals surface area contributed by atoms with Gasteiger partial charge in [-0.2, -0.15) is 0 Å². The van der Waals surface area contributed by atoms with E-state index in [9.17, 15) is 0 Å². The second kappa shape index (κ2) is 18.4. The van der Waals surface area contributed by atoms with Gasteiger partial charge in [-0.1, -0.05) is 218 Å². The highest BCUT2D eigenvalue weighted by Gasteiger charge is 2.53. The molecule has 18 rings (SSSR count). The molecule has 2 aliphatic carbocycles. The fourth-order valence-electron chi connectivity index (χ4n) is 14.7. The van der Waals surface area contributed by atoms with Gasteiger partial charge in [0.25, 0.3) is 0 Å². The molecular weight excluding hydrogens is 1030 g/mol. The third kappa shape index (κ3) is 6.91. The van der Waals surface area contributed by atoms with Gasteiger partial charge in [-0.25, -0.2) is 0 Å². The summed E-state index contributed by atoms with van der Waals surface area (Å²) in [7, 11) is 0. The molecular formula is C81H50N2O2. The molecule has 0 radical (unpaired) electrons. The van der Waals surface area contributed by atoms with Crippen LogP contribution in [-0.2, 0) is 5.41 Å². The number of hydrogen-bond donors (Lipinski definition) is 0. The Morgan fingerprint density at radius 2 is 0.729 bits per heavy atom. The van der Waals surface area contributed by atoms with Crippen LogP contribution < -0.4 is 9.80 Å². The number of anilines is 6. The summed E-state index contributed by atoms with van der Waals surface area (Å²) in [5.41, 5.74) is 24.0. The van der Waals surface area contributed by atoms with Crippen LogP contribution in [0.25, 0.3) is 110 Å². The van der Waals surface area contributed by atoms with Gasteiger partial charge < -0.3 is 18.6 Å². The van der Waals surface area contributed by atoms with Crippen LogP contribution in [0.2, 0.25) is 0 Å².